The smallest absolute Gasteiger partial charge is 0.297 e. The van der Waals surface area contributed by atoms with Crippen LogP contribution in [-0.2, 0) is 10.0 Å². The zero-order chi connectivity index (χ0) is 10.6. The molecule has 1 heterocycles. The second-order valence-corrected chi connectivity index (χ2v) is 4.32. The summed E-state index contributed by atoms with van der Waals surface area (Å²) < 4.78 is 25.2. The molecule has 4 N–H and O–H groups in total. The number of anilines is 1. The van der Waals surface area contributed by atoms with Gasteiger partial charge in [-0.1, -0.05) is 0 Å². The lowest BCUT2D eigenvalue weighted by atomic mass is 10.5. The van der Waals surface area contributed by atoms with E-state index in [1.165, 1.54) is 0 Å². The average molecular weight is 222 g/mol. The Hall–Kier alpha value is -1.35. The van der Waals surface area contributed by atoms with E-state index in [9.17, 15) is 8.42 Å². The molecule has 1 aromatic rings. The van der Waals surface area contributed by atoms with E-state index < -0.39 is 10.0 Å². The Kier molecular flexibility index (Phi) is 3.25. The molecule has 0 unspecified atom stereocenters. The molecule has 1 aromatic heterocycles. The maximum Gasteiger partial charge on any atom is 0.297 e. The Morgan fingerprint density at radius 2 is 2.21 bits per heavy atom. The van der Waals surface area contributed by atoms with Crippen LogP contribution in [0.2, 0.25) is 0 Å². The summed E-state index contributed by atoms with van der Waals surface area (Å²) in [5.41, 5.74) is 0. The highest BCUT2D eigenvalue weighted by atomic mass is 32.2. The van der Waals surface area contributed by atoms with Crippen LogP contribution in [0.4, 0.5) is 5.82 Å². The van der Waals surface area contributed by atoms with Crippen molar-refractivity contribution >= 4 is 15.8 Å². The number of nitrogens with one attached hydrogen (secondary N) is 1. The topological polar surface area (TPSA) is 131 Å². The van der Waals surface area contributed by atoms with Crippen LogP contribution in [0.1, 0.15) is 6.42 Å². The predicted octanol–water partition coefficient (Wildman–Crippen LogP) is -1.13. The summed E-state index contributed by atoms with van der Waals surface area (Å²) in [4.78, 5) is 0. The van der Waals surface area contributed by atoms with Crippen molar-refractivity contribution in [3.63, 3.8) is 0 Å². The van der Waals surface area contributed by atoms with Gasteiger partial charge in [0, 0.05) is 6.54 Å². The molecule has 0 saturated heterocycles. The van der Waals surface area contributed by atoms with Crippen LogP contribution in [0.25, 0.3) is 0 Å². The van der Waals surface area contributed by atoms with Crippen molar-refractivity contribution < 1.29 is 18.2 Å². The molecule has 0 aliphatic rings. The van der Waals surface area contributed by atoms with E-state index >= 15 is 0 Å². The van der Waals surface area contributed by atoms with Crippen molar-refractivity contribution in [2.45, 2.75) is 6.42 Å². The standard InChI is InChI=1S/C5H10N4O4S/c6-14(11,12)3-1-2-7-4-5(10)9-13-8-4/h1-3H2,(H,7,8)(H,9,10)(H2,6,11,12). The first-order valence-corrected chi connectivity index (χ1v) is 5.46. The number of nitrogens with two attached hydrogens (primary N) is 1. The molecule has 0 spiro atoms. The molecular weight excluding hydrogens is 212 g/mol. The summed E-state index contributed by atoms with van der Waals surface area (Å²) in [7, 11) is -3.44. The largest absolute Gasteiger partial charge is 0.488 e. The predicted molar refractivity (Wildman–Crippen MR) is 47.0 cm³/mol. The summed E-state index contributed by atoms with van der Waals surface area (Å²) in [6, 6.07) is 0. The molecule has 80 valence electrons. The summed E-state index contributed by atoms with van der Waals surface area (Å²) in [6.45, 7) is 0.304. The Labute approximate surface area is 80.1 Å². The van der Waals surface area contributed by atoms with E-state index in [1.807, 2.05) is 0 Å². The van der Waals surface area contributed by atoms with E-state index in [2.05, 4.69) is 20.3 Å². The maximum absolute atomic E-state index is 10.5. The molecule has 1 rings (SSSR count). The van der Waals surface area contributed by atoms with Gasteiger partial charge >= 0.3 is 0 Å². The first kappa shape index (κ1) is 10.7. The molecule has 0 bridgehead atoms. The molecule has 14 heavy (non-hydrogen) atoms. The monoisotopic (exact) mass is 222 g/mol. The maximum atomic E-state index is 10.5. The highest BCUT2D eigenvalue weighted by Gasteiger charge is 2.07. The van der Waals surface area contributed by atoms with E-state index in [4.69, 9.17) is 10.2 Å². The molecule has 0 aliphatic carbocycles. The number of hydrogen-bond acceptors (Lipinski definition) is 7. The zero-order valence-corrected chi connectivity index (χ0v) is 7.99. The fourth-order valence-electron chi connectivity index (χ4n) is 0.775. The third-order valence-electron chi connectivity index (χ3n) is 1.37. The van der Waals surface area contributed by atoms with Crippen LogP contribution in [0, 0.1) is 0 Å². The Balaban J connectivity index is 2.26. The van der Waals surface area contributed by atoms with Gasteiger partial charge in [-0.25, -0.2) is 18.2 Å². The van der Waals surface area contributed by atoms with Gasteiger partial charge in [0.2, 0.25) is 15.8 Å². The fourth-order valence-corrected chi connectivity index (χ4v) is 1.32. The molecular formula is C5H10N4O4S. The molecule has 0 aromatic carbocycles. The number of aromatic nitrogens is 2. The van der Waals surface area contributed by atoms with E-state index in [1.54, 1.807) is 0 Å². The van der Waals surface area contributed by atoms with Crippen LogP contribution in [0.5, 0.6) is 5.88 Å². The van der Waals surface area contributed by atoms with Crippen LogP contribution >= 0.6 is 0 Å². The van der Waals surface area contributed by atoms with Gasteiger partial charge in [0.05, 0.1) is 5.75 Å². The molecule has 0 aliphatic heterocycles. The zero-order valence-electron chi connectivity index (χ0n) is 7.17. The van der Waals surface area contributed by atoms with E-state index in [0.717, 1.165) is 0 Å². The van der Waals surface area contributed by atoms with Crippen molar-refractivity contribution in [2.24, 2.45) is 5.14 Å². The van der Waals surface area contributed by atoms with Gasteiger partial charge in [0.25, 0.3) is 5.88 Å². The second-order valence-electron chi connectivity index (χ2n) is 2.58. The minimum atomic E-state index is -3.44. The van der Waals surface area contributed by atoms with Crippen LogP contribution < -0.4 is 10.5 Å². The number of hydrogen-bond donors (Lipinski definition) is 3. The van der Waals surface area contributed by atoms with Gasteiger partial charge in [0.15, 0.2) is 0 Å². The lowest BCUT2D eigenvalue weighted by Gasteiger charge is -2.00. The fraction of sp³-hybridized carbons (Fsp3) is 0.600. The van der Waals surface area contributed by atoms with Crippen LogP contribution in [0.3, 0.4) is 0 Å². The molecule has 0 amide bonds. The number of sulfonamides is 1. The first-order chi connectivity index (χ1) is 6.49. The second kappa shape index (κ2) is 4.24. The third-order valence-corrected chi connectivity index (χ3v) is 2.23. The molecule has 9 heteroatoms. The summed E-state index contributed by atoms with van der Waals surface area (Å²) in [6.07, 6.45) is 0.311. The van der Waals surface area contributed by atoms with Crippen LogP contribution in [-0.4, -0.2) is 36.1 Å². The lowest BCUT2D eigenvalue weighted by Crippen LogP contribution is -2.18. The minimum absolute atomic E-state index is 0.0828. The minimum Gasteiger partial charge on any atom is -0.488 e. The average Bonchev–Trinajstić information content (AvgIpc) is 2.44. The Bertz CT molecular complexity index is 386. The van der Waals surface area contributed by atoms with Gasteiger partial charge in [-0.3, -0.25) is 0 Å². The number of nitrogens with zero attached hydrogens (tertiary/aromatic N) is 2. The van der Waals surface area contributed by atoms with Gasteiger partial charge in [-0.2, -0.15) is 0 Å². The van der Waals surface area contributed by atoms with E-state index in [-0.39, 0.29) is 17.5 Å². The van der Waals surface area contributed by atoms with Crippen molar-refractivity contribution in [3.8, 4) is 5.88 Å². The highest BCUT2D eigenvalue weighted by molar-refractivity contribution is 7.89. The molecule has 8 nitrogen and oxygen atoms in total. The summed E-state index contributed by atoms with van der Waals surface area (Å²) in [5.74, 6) is -0.411. The van der Waals surface area contributed by atoms with Gasteiger partial charge in [-0.15, -0.1) is 0 Å². The Morgan fingerprint density at radius 3 is 2.71 bits per heavy atom. The SMILES string of the molecule is NS(=O)(=O)CCCNc1nonc1O. The van der Waals surface area contributed by atoms with E-state index in [0.29, 0.717) is 13.0 Å². The number of rotatable bonds is 5. The van der Waals surface area contributed by atoms with Crippen molar-refractivity contribution in [3.05, 3.63) is 0 Å². The van der Waals surface area contributed by atoms with Crippen molar-refractivity contribution in [1.82, 2.24) is 10.3 Å². The molecule has 0 fully saturated rings. The van der Waals surface area contributed by atoms with Crippen molar-refractivity contribution in [2.75, 3.05) is 17.6 Å². The summed E-state index contributed by atoms with van der Waals surface area (Å²) in [5, 5.41) is 22.8. The van der Waals surface area contributed by atoms with Gasteiger partial charge in [0.1, 0.15) is 0 Å². The number of aromatic hydroxyl groups is 1. The lowest BCUT2D eigenvalue weighted by molar-refractivity contribution is 0.287. The first-order valence-electron chi connectivity index (χ1n) is 3.75. The molecule has 0 saturated carbocycles. The van der Waals surface area contributed by atoms with Crippen LogP contribution in [0.15, 0.2) is 4.63 Å². The number of primary sulfonamides is 1. The molecule has 0 atom stereocenters. The molecule has 0 radical (unpaired) electrons. The normalized spacial score (nSPS) is 11.5. The third kappa shape index (κ3) is 3.58. The summed E-state index contributed by atoms with van der Waals surface area (Å²) >= 11 is 0. The van der Waals surface area contributed by atoms with Crippen molar-refractivity contribution in [1.29, 1.82) is 0 Å². The Morgan fingerprint density at radius 1 is 1.50 bits per heavy atom. The highest BCUT2D eigenvalue weighted by Crippen LogP contribution is 2.15. The van der Waals surface area contributed by atoms with Gasteiger partial charge in [-0.05, 0) is 16.7 Å². The van der Waals surface area contributed by atoms with Gasteiger partial charge < -0.3 is 10.4 Å². The quantitative estimate of drug-likeness (QED) is 0.537.